The summed E-state index contributed by atoms with van der Waals surface area (Å²) in [6, 6.07) is 8.25. The number of hydrogen-bond acceptors (Lipinski definition) is 3. The van der Waals surface area contributed by atoms with E-state index in [0.29, 0.717) is 22.2 Å². The van der Waals surface area contributed by atoms with Gasteiger partial charge in [0.1, 0.15) is 5.82 Å². The highest BCUT2D eigenvalue weighted by atomic mass is 35.5. The third-order valence-electron chi connectivity index (χ3n) is 3.93. The summed E-state index contributed by atoms with van der Waals surface area (Å²) >= 11 is 5.76. The van der Waals surface area contributed by atoms with Crippen LogP contribution >= 0.6 is 11.6 Å². The molecule has 3 aromatic rings. The van der Waals surface area contributed by atoms with Gasteiger partial charge in [0.25, 0.3) is 12.3 Å². The van der Waals surface area contributed by atoms with Crippen LogP contribution < -0.4 is 11.3 Å². The summed E-state index contributed by atoms with van der Waals surface area (Å²) in [6.07, 6.45) is -0.0934. The fourth-order valence-electron chi connectivity index (χ4n) is 2.61. The van der Waals surface area contributed by atoms with Crippen molar-refractivity contribution in [3.63, 3.8) is 0 Å². The Morgan fingerprint density at radius 3 is 2.74 bits per heavy atom. The normalized spacial score (nSPS) is 11.6. The predicted molar refractivity (Wildman–Crippen MR) is 96.6 cm³/mol. The fraction of sp³-hybridized carbons (Fsp3) is 0.111. The van der Waals surface area contributed by atoms with Crippen LogP contribution in [0.5, 0.6) is 0 Å². The molecule has 27 heavy (non-hydrogen) atoms. The summed E-state index contributed by atoms with van der Waals surface area (Å²) in [5, 5.41) is 5.10. The van der Waals surface area contributed by atoms with Crippen LogP contribution in [0.3, 0.4) is 0 Å². The second-order valence-electron chi connectivity index (χ2n) is 5.70. The zero-order valence-electron chi connectivity index (χ0n) is 13.8. The van der Waals surface area contributed by atoms with E-state index in [-0.39, 0.29) is 17.1 Å². The first-order chi connectivity index (χ1) is 12.9. The van der Waals surface area contributed by atoms with Crippen molar-refractivity contribution in [3.05, 3.63) is 70.1 Å². The quantitative estimate of drug-likeness (QED) is 0.299. The molecule has 0 fully saturated rings. The van der Waals surface area contributed by atoms with Crippen LogP contribution in [0.2, 0.25) is 5.02 Å². The molecule has 0 aliphatic carbocycles. The molecular weight excluding hydrogens is 381 g/mol. The SMILES string of the molecule is NNC(=O)/C=C/c1nn(Cc2ccc(Cl)cc2F)c2cc(C(F)F)ccc12. The number of carbonyl (C=O) groups excluding carboxylic acids is 1. The van der Waals surface area contributed by atoms with Gasteiger partial charge in [-0.05, 0) is 24.3 Å². The molecule has 9 heteroatoms. The number of nitrogens with zero attached hydrogens (tertiary/aromatic N) is 2. The van der Waals surface area contributed by atoms with E-state index in [0.717, 1.165) is 6.08 Å². The average Bonchev–Trinajstić information content (AvgIpc) is 2.99. The number of alkyl halides is 2. The predicted octanol–water partition coefficient (Wildman–Crippen LogP) is 3.82. The first kappa shape index (κ1) is 18.9. The number of amides is 1. The number of hydrogen-bond donors (Lipinski definition) is 2. The third kappa shape index (κ3) is 4.12. The molecule has 0 unspecified atom stereocenters. The molecule has 3 N–H and O–H groups in total. The Balaban J connectivity index is 2.10. The molecule has 0 saturated heterocycles. The van der Waals surface area contributed by atoms with Gasteiger partial charge in [0, 0.05) is 27.6 Å². The Morgan fingerprint density at radius 1 is 1.30 bits per heavy atom. The zero-order chi connectivity index (χ0) is 19.6. The molecule has 2 aromatic carbocycles. The molecule has 0 spiro atoms. The minimum atomic E-state index is -2.66. The van der Waals surface area contributed by atoms with E-state index >= 15 is 0 Å². The Kier molecular flexibility index (Phi) is 5.48. The number of nitrogens with one attached hydrogen (secondary N) is 1. The van der Waals surface area contributed by atoms with Crippen LogP contribution in [0.4, 0.5) is 13.2 Å². The number of fused-ring (bicyclic) bond motifs is 1. The van der Waals surface area contributed by atoms with E-state index in [1.54, 1.807) is 0 Å². The van der Waals surface area contributed by atoms with E-state index in [1.807, 2.05) is 5.43 Å². The van der Waals surface area contributed by atoms with Crippen molar-refractivity contribution in [2.75, 3.05) is 0 Å². The lowest BCUT2D eigenvalue weighted by atomic mass is 10.1. The second kappa shape index (κ2) is 7.81. The molecule has 1 aromatic heterocycles. The molecule has 140 valence electrons. The lowest BCUT2D eigenvalue weighted by Crippen LogP contribution is -2.27. The van der Waals surface area contributed by atoms with E-state index < -0.39 is 18.1 Å². The maximum atomic E-state index is 14.1. The molecule has 0 bridgehead atoms. The van der Waals surface area contributed by atoms with E-state index in [2.05, 4.69) is 5.10 Å². The molecule has 5 nitrogen and oxygen atoms in total. The second-order valence-corrected chi connectivity index (χ2v) is 6.13. The summed E-state index contributed by atoms with van der Waals surface area (Å²) in [5.74, 6) is 3.94. The van der Waals surface area contributed by atoms with Gasteiger partial charge in [-0.1, -0.05) is 29.8 Å². The standard InChI is InChI=1S/C18H14ClF3N4O/c19-12-3-1-11(14(20)8-12)9-26-16-7-10(18(21)22)2-4-13(16)15(25-26)5-6-17(27)24-23/h1-8,18H,9,23H2,(H,24,27)/b6-5+. The minimum Gasteiger partial charge on any atom is -0.291 e. The monoisotopic (exact) mass is 394 g/mol. The number of hydrazine groups is 1. The number of nitrogens with two attached hydrogens (primary N) is 1. The van der Waals surface area contributed by atoms with Crippen molar-refractivity contribution in [2.45, 2.75) is 13.0 Å². The van der Waals surface area contributed by atoms with E-state index in [4.69, 9.17) is 17.4 Å². The first-order valence-corrected chi connectivity index (χ1v) is 8.18. The number of rotatable bonds is 5. The van der Waals surface area contributed by atoms with Crippen LogP contribution in [0.1, 0.15) is 23.2 Å². The van der Waals surface area contributed by atoms with Crippen LogP contribution in [0.15, 0.2) is 42.5 Å². The van der Waals surface area contributed by atoms with Crippen LogP contribution in [0.25, 0.3) is 17.0 Å². The Bertz CT molecular complexity index is 1030. The molecule has 0 radical (unpaired) electrons. The van der Waals surface area contributed by atoms with Crippen LogP contribution in [-0.4, -0.2) is 15.7 Å². The van der Waals surface area contributed by atoms with Crippen molar-refractivity contribution in [1.29, 1.82) is 0 Å². The van der Waals surface area contributed by atoms with Gasteiger partial charge in [0.05, 0.1) is 17.8 Å². The van der Waals surface area contributed by atoms with Crippen LogP contribution in [0, 0.1) is 5.82 Å². The number of halogens is 4. The van der Waals surface area contributed by atoms with Crippen molar-refractivity contribution in [1.82, 2.24) is 15.2 Å². The largest absolute Gasteiger partial charge is 0.291 e. The van der Waals surface area contributed by atoms with Gasteiger partial charge in [-0.2, -0.15) is 5.10 Å². The summed E-state index contributed by atoms with van der Waals surface area (Å²) in [7, 11) is 0. The number of carbonyl (C=O) groups is 1. The topological polar surface area (TPSA) is 72.9 Å². The highest BCUT2D eigenvalue weighted by molar-refractivity contribution is 6.30. The minimum absolute atomic E-state index is 0.00309. The molecule has 0 atom stereocenters. The van der Waals surface area contributed by atoms with Gasteiger partial charge in [-0.3, -0.25) is 14.9 Å². The smallest absolute Gasteiger partial charge is 0.263 e. The maximum Gasteiger partial charge on any atom is 0.263 e. The van der Waals surface area contributed by atoms with Gasteiger partial charge in [0.2, 0.25) is 0 Å². The fourth-order valence-corrected chi connectivity index (χ4v) is 2.77. The summed E-state index contributed by atoms with van der Waals surface area (Å²) in [5.41, 5.74) is 2.80. The molecule has 1 heterocycles. The van der Waals surface area contributed by atoms with Crippen LogP contribution in [-0.2, 0) is 11.3 Å². The van der Waals surface area contributed by atoms with Gasteiger partial charge in [0.15, 0.2) is 0 Å². The first-order valence-electron chi connectivity index (χ1n) is 7.80. The molecule has 0 aliphatic rings. The summed E-state index contributed by atoms with van der Waals surface area (Å²) in [4.78, 5) is 11.3. The molecule has 0 saturated carbocycles. The lowest BCUT2D eigenvalue weighted by Gasteiger charge is -2.07. The lowest BCUT2D eigenvalue weighted by molar-refractivity contribution is -0.116. The highest BCUT2D eigenvalue weighted by Gasteiger charge is 2.15. The maximum absolute atomic E-state index is 14.1. The van der Waals surface area contributed by atoms with Gasteiger partial charge in [-0.15, -0.1) is 0 Å². The van der Waals surface area contributed by atoms with E-state index in [9.17, 15) is 18.0 Å². The Labute approximate surface area is 157 Å². The third-order valence-corrected chi connectivity index (χ3v) is 4.16. The average molecular weight is 395 g/mol. The molecular formula is C18H14ClF3N4O. The van der Waals surface area contributed by atoms with Gasteiger partial charge in [-0.25, -0.2) is 19.0 Å². The molecule has 1 amide bonds. The number of benzene rings is 2. The molecule has 3 rings (SSSR count). The zero-order valence-corrected chi connectivity index (χ0v) is 14.6. The summed E-state index contributed by atoms with van der Waals surface area (Å²) in [6.45, 7) is 0.00309. The van der Waals surface area contributed by atoms with E-state index in [1.165, 1.54) is 47.2 Å². The highest BCUT2D eigenvalue weighted by Crippen LogP contribution is 2.27. The van der Waals surface area contributed by atoms with Crippen molar-refractivity contribution >= 4 is 34.5 Å². The molecule has 0 aliphatic heterocycles. The Hall–Kier alpha value is -2.84. The summed E-state index contributed by atoms with van der Waals surface area (Å²) < 4.78 is 41.7. The van der Waals surface area contributed by atoms with Gasteiger partial charge >= 0.3 is 0 Å². The Morgan fingerprint density at radius 2 is 2.07 bits per heavy atom. The van der Waals surface area contributed by atoms with Crippen molar-refractivity contribution in [2.24, 2.45) is 5.84 Å². The number of aromatic nitrogens is 2. The van der Waals surface area contributed by atoms with Crippen molar-refractivity contribution in [3.8, 4) is 0 Å². The van der Waals surface area contributed by atoms with Gasteiger partial charge < -0.3 is 0 Å². The van der Waals surface area contributed by atoms with Crippen molar-refractivity contribution < 1.29 is 18.0 Å².